The summed E-state index contributed by atoms with van der Waals surface area (Å²) in [5.41, 5.74) is 2.34. The third-order valence-electron chi connectivity index (χ3n) is 3.58. The van der Waals surface area contributed by atoms with E-state index in [-0.39, 0.29) is 0 Å². The SMILES string of the molecule is CC[C@@H]1C=CC(/C=C/c2cc(OC)cc(OC)c2)=CC1. The van der Waals surface area contributed by atoms with E-state index in [1.165, 1.54) is 12.0 Å². The minimum atomic E-state index is 0.698. The highest BCUT2D eigenvalue weighted by Gasteiger charge is 2.04. The molecule has 0 heterocycles. The molecule has 1 atom stereocenters. The maximum absolute atomic E-state index is 5.28. The number of methoxy groups -OCH3 is 2. The van der Waals surface area contributed by atoms with Gasteiger partial charge in [0.05, 0.1) is 14.2 Å². The van der Waals surface area contributed by atoms with Crippen LogP contribution in [0.2, 0.25) is 0 Å². The van der Waals surface area contributed by atoms with E-state index in [9.17, 15) is 0 Å². The minimum Gasteiger partial charge on any atom is -0.497 e. The fraction of sp³-hybridized carbons (Fsp3) is 0.333. The smallest absolute Gasteiger partial charge is 0.123 e. The summed E-state index contributed by atoms with van der Waals surface area (Å²) in [6, 6.07) is 5.88. The summed E-state index contributed by atoms with van der Waals surface area (Å²) in [4.78, 5) is 0. The van der Waals surface area contributed by atoms with Crippen molar-refractivity contribution in [1.82, 2.24) is 0 Å². The van der Waals surface area contributed by atoms with E-state index in [0.29, 0.717) is 5.92 Å². The predicted molar refractivity (Wildman–Crippen MR) is 84.2 cm³/mol. The first-order valence-electron chi connectivity index (χ1n) is 7.04. The fourth-order valence-corrected chi connectivity index (χ4v) is 2.23. The van der Waals surface area contributed by atoms with E-state index in [1.54, 1.807) is 14.2 Å². The molecule has 0 aromatic heterocycles. The van der Waals surface area contributed by atoms with Gasteiger partial charge in [-0.1, -0.05) is 37.3 Å². The van der Waals surface area contributed by atoms with Gasteiger partial charge in [0.15, 0.2) is 0 Å². The zero-order valence-electron chi connectivity index (χ0n) is 12.4. The lowest BCUT2D eigenvalue weighted by Crippen LogP contribution is -1.96. The van der Waals surface area contributed by atoms with Crippen molar-refractivity contribution in [2.45, 2.75) is 19.8 Å². The number of hydrogen-bond donors (Lipinski definition) is 0. The molecule has 1 aliphatic rings. The summed E-state index contributed by atoms with van der Waals surface area (Å²) < 4.78 is 10.6. The molecule has 0 fully saturated rings. The lowest BCUT2D eigenvalue weighted by Gasteiger charge is -2.12. The van der Waals surface area contributed by atoms with Crippen molar-refractivity contribution in [3.63, 3.8) is 0 Å². The molecule has 2 heteroatoms. The van der Waals surface area contributed by atoms with Crippen LogP contribution in [0.25, 0.3) is 6.08 Å². The molecule has 0 saturated carbocycles. The molecule has 2 nitrogen and oxygen atoms in total. The van der Waals surface area contributed by atoms with Gasteiger partial charge in [-0.05, 0) is 42.0 Å². The normalized spacial score (nSPS) is 18.1. The third-order valence-corrected chi connectivity index (χ3v) is 3.58. The van der Waals surface area contributed by atoms with Crippen molar-refractivity contribution in [3.05, 3.63) is 53.6 Å². The van der Waals surface area contributed by atoms with Crippen LogP contribution in [0.3, 0.4) is 0 Å². The number of ether oxygens (including phenoxy) is 2. The first-order valence-corrected chi connectivity index (χ1v) is 7.04. The molecule has 1 aliphatic carbocycles. The van der Waals surface area contributed by atoms with Crippen LogP contribution >= 0.6 is 0 Å². The van der Waals surface area contributed by atoms with Crippen LogP contribution < -0.4 is 9.47 Å². The van der Waals surface area contributed by atoms with E-state index in [0.717, 1.165) is 23.5 Å². The first-order chi connectivity index (χ1) is 9.75. The number of allylic oxidation sites excluding steroid dienone is 5. The van der Waals surface area contributed by atoms with Crippen molar-refractivity contribution >= 4 is 6.08 Å². The van der Waals surface area contributed by atoms with Crippen molar-refractivity contribution in [1.29, 1.82) is 0 Å². The molecule has 0 amide bonds. The standard InChI is InChI=1S/C18H22O2/c1-4-14-5-7-15(8-6-14)9-10-16-11-17(19-2)13-18(12-16)20-3/h5,7-14H,4,6H2,1-3H3/b10-9+/t14-/m1/s1. The fourth-order valence-electron chi connectivity index (χ4n) is 2.23. The average Bonchev–Trinajstić information content (AvgIpc) is 2.53. The summed E-state index contributed by atoms with van der Waals surface area (Å²) in [6.07, 6.45) is 13.4. The topological polar surface area (TPSA) is 18.5 Å². The molecule has 2 rings (SSSR count). The van der Waals surface area contributed by atoms with Gasteiger partial charge in [-0.3, -0.25) is 0 Å². The number of rotatable bonds is 5. The largest absolute Gasteiger partial charge is 0.497 e. The van der Waals surface area contributed by atoms with Gasteiger partial charge < -0.3 is 9.47 Å². The van der Waals surface area contributed by atoms with Crippen LogP contribution in [0, 0.1) is 5.92 Å². The van der Waals surface area contributed by atoms with Crippen molar-refractivity contribution in [2.75, 3.05) is 14.2 Å². The van der Waals surface area contributed by atoms with Gasteiger partial charge in [0.2, 0.25) is 0 Å². The summed E-state index contributed by atoms with van der Waals surface area (Å²) in [7, 11) is 3.33. The van der Waals surface area contributed by atoms with Crippen LogP contribution in [0.15, 0.2) is 48.1 Å². The Labute approximate surface area is 121 Å². The lowest BCUT2D eigenvalue weighted by molar-refractivity contribution is 0.394. The molecule has 1 aromatic carbocycles. The molecule has 1 aromatic rings. The Morgan fingerprint density at radius 1 is 1.10 bits per heavy atom. The van der Waals surface area contributed by atoms with Gasteiger partial charge in [-0.25, -0.2) is 0 Å². The van der Waals surface area contributed by atoms with E-state index in [2.05, 4.69) is 37.3 Å². The van der Waals surface area contributed by atoms with E-state index in [1.807, 2.05) is 18.2 Å². The summed E-state index contributed by atoms with van der Waals surface area (Å²) in [5.74, 6) is 2.32. The number of benzene rings is 1. The Bertz CT molecular complexity index is 516. The summed E-state index contributed by atoms with van der Waals surface area (Å²) in [6.45, 7) is 2.23. The minimum absolute atomic E-state index is 0.698. The Kier molecular flexibility index (Phi) is 5.05. The lowest BCUT2D eigenvalue weighted by atomic mass is 9.94. The van der Waals surface area contributed by atoms with Crippen LogP contribution in [0.4, 0.5) is 0 Å². The quantitative estimate of drug-likeness (QED) is 0.776. The third kappa shape index (κ3) is 3.77. The zero-order chi connectivity index (χ0) is 14.4. The molecule has 0 saturated heterocycles. The van der Waals surface area contributed by atoms with Gasteiger partial charge >= 0.3 is 0 Å². The van der Waals surface area contributed by atoms with Gasteiger partial charge in [0.1, 0.15) is 11.5 Å². The molecule has 0 aliphatic heterocycles. The van der Waals surface area contributed by atoms with Crippen LogP contribution in [0.1, 0.15) is 25.3 Å². The van der Waals surface area contributed by atoms with Crippen LogP contribution in [-0.2, 0) is 0 Å². The van der Waals surface area contributed by atoms with Crippen LogP contribution in [0.5, 0.6) is 11.5 Å². The molecule has 20 heavy (non-hydrogen) atoms. The Hall–Kier alpha value is -1.96. The first kappa shape index (κ1) is 14.4. The predicted octanol–water partition coefficient (Wildman–Crippen LogP) is 4.63. The van der Waals surface area contributed by atoms with Crippen LogP contribution in [-0.4, -0.2) is 14.2 Å². The second kappa shape index (κ2) is 6.99. The van der Waals surface area contributed by atoms with E-state index >= 15 is 0 Å². The Morgan fingerprint density at radius 2 is 1.80 bits per heavy atom. The Morgan fingerprint density at radius 3 is 2.30 bits per heavy atom. The molecular weight excluding hydrogens is 248 g/mol. The monoisotopic (exact) mass is 270 g/mol. The molecule has 0 bridgehead atoms. The van der Waals surface area contributed by atoms with Crippen molar-refractivity contribution < 1.29 is 9.47 Å². The van der Waals surface area contributed by atoms with E-state index in [4.69, 9.17) is 9.47 Å². The van der Waals surface area contributed by atoms with Gasteiger partial charge in [0.25, 0.3) is 0 Å². The zero-order valence-corrected chi connectivity index (χ0v) is 12.4. The maximum atomic E-state index is 5.28. The molecule has 0 N–H and O–H groups in total. The maximum Gasteiger partial charge on any atom is 0.123 e. The molecule has 0 unspecified atom stereocenters. The molecular formula is C18H22O2. The van der Waals surface area contributed by atoms with Gasteiger partial charge in [-0.2, -0.15) is 0 Å². The molecule has 0 spiro atoms. The second-order valence-corrected chi connectivity index (χ2v) is 4.95. The summed E-state index contributed by atoms with van der Waals surface area (Å²) >= 11 is 0. The Balaban J connectivity index is 2.12. The van der Waals surface area contributed by atoms with Gasteiger partial charge in [0, 0.05) is 6.07 Å². The van der Waals surface area contributed by atoms with Gasteiger partial charge in [-0.15, -0.1) is 0 Å². The van der Waals surface area contributed by atoms with Crippen molar-refractivity contribution in [3.8, 4) is 11.5 Å². The average molecular weight is 270 g/mol. The summed E-state index contributed by atoms with van der Waals surface area (Å²) in [5, 5.41) is 0. The highest BCUT2D eigenvalue weighted by Crippen LogP contribution is 2.24. The highest BCUT2D eigenvalue weighted by atomic mass is 16.5. The molecule has 0 radical (unpaired) electrons. The molecule has 106 valence electrons. The van der Waals surface area contributed by atoms with Crippen molar-refractivity contribution in [2.24, 2.45) is 5.92 Å². The van der Waals surface area contributed by atoms with E-state index < -0.39 is 0 Å². The highest BCUT2D eigenvalue weighted by molar-refractivity contribution is 5.59. The second-order valence-electron chi connectivity index (χ2n) is 4.95. The number of hydrogen-bond acceptors (Lipinski definition) is 2.